The van der Waals surface area contributed by atoms with Gasteiger partial charge < -0.3 is 16.2 Å². The second-order valence-electron chi connectivity index (χ2n) is 5.38. The third-order valence-electron chi connectivity index (χ3n) is 3.88. The Kier molecular flexibility index (Phi) is 5.52. The number of nitrogens with one attached hydrogen (secondary N) is 1. The molecule has 1 saturated carbocycles. The molecule has 116 valence electrons. The molecule has 1 aromatic rings. The van der Waals surface area contributed by atoms with Crippen LogP contribution in [-0.4, -0.2) is 41.7 Å². The zero-order valence-electron chi connectivity index (χ0n) is 12.0. The van der Waals surface area contributed by atoms with Crippen molar-refractivity contribution in [3.8, 4) is 0 Å². The van der Waals surface area contributed by atoms with Crippen molar-refractivity contribution in [2.75, 3.05) is 30.7 Å². The van der Waals surface area contributed by atoms with Crippen LogP contribution in [0.3, 0.4) is 0 Å². The summed E-state index contributed by atoms with van der Waals surface area (Å²) in [7, 11) is 0. The molecular weight excluding hydrogens is 273 g/mol. The number of hydrogen-bond donors (Lipinski definition) is 3. The predicted molar refractivity (Wildman–Crippen MR) is 80.4 cm³/mol. The summed E-state index contributed by atoms with van der Waals surface area (Å²) in [6.45, 7) is 1.32. The van der Waals surface area contributed by atoms with E-state index in [4.69, 9.17) is 10.8 Å². The SMILES string of the molecule is Nc1cc(NC(=O)CCN(CCO)C2CCC2)ccc1F. The standard InChI is InChI=1S/C15H22FN3O2/c16-13-5-4-11(10-14(13)17)18-15(21)6-7-19(8-9-20)12-2-1-3-12/h4-5,10,12,20H,1-3,6-9,17H2,(H,18,21). The highest BCUT2D eigenvalue weighted by Gasteiger charge is 2.24. The number of anilines is 2. The van der Waals surface area contributed by atoms with E-state index >= 15 is 0 Å². The second kappa shape index (κ2) is 7.38. The van der Waals surface area contributed by atoms with E-state index in [1.807, 2.05) is 0 Å². The first kappa shape index (κ1) is 15.7. The highest BCUT2D eigenvalue weighted by atomic mass is 19.1. The predicted octanol–water partition coefficient (Wildman–Crippen LogP) is 1.58. The lowest BCUT2D eigenvalue weighted by atomic mass is 9.91. The smallest absolute Gasteiger partial charge is 0.225 e. The average Bonchev–Trinajstić information content (AvgIpc) is 2.38. The van der Waals surface area contributed by atoms with Crippen LogP contribution in [0.5, 0.6) is 0 Å². The van der Waals surface area contributed by atoms with Gasteiger partial charge in [0.05, 0.1) is 12.3 Å². The molecule has 1 aromatic carbocycles. The van der Waals surface area contributed by atoms with Crippen LogP contribution in [0.15, 0.2) is 18.2 Å². The highest BCUT2D eigenvalue weighted by molar-refractivity contribution is 5.91. The Balaban J connectivity index is 1.81. The van der Waals surface area contributed by atoms with Crippen molar-refractivity contribution in [1.82, 2.24) is 4.90 Å². The van der Waals surface area contributed by atoms with Crippen LogP contribution in [0.25, 0.3) is 0 Å². The lowest BCUT2D eigenvalue weighted by Crippen LogP contribution is -2.43. The number of aliphatic hydroxyl groups excluding tert-OH is 1. The van der Waals surface area contributed by atoms with Crippen molar-refractivity contribution in [1.29, 1.82) is 0 Å². The van der Waals surface area contributed by atoms with Gasteiger partial charge in [0, 0.05) is 31.2 Å². The molecule has 1 aliphatic rings. The normalized spacial score (nSPS) is 15.0. The topological polar surface area (TPSA) is 78.6 Å². The van der Waals surface area contributed by atoms with E-state index in [1.54, 1.807) is 0 Å². The Morgan fingerprint density at radius 1 is 1.43 bits per heavy atom. The number of amides is 1. The lowest BCUT2D eigenvalue weighted by molar-refractivity contribution is -0.116. The maximum Gasteiger partial charge on any atom is 0.225 e. The number of carbonyl (C=O) groups excluding carboxylic acids is 1. The molecule has 1 fully saturated rings. The number of nitrogen functional groups attached to an aromatic ring is 1. The number of benzene rings is 1. The molecule has 4 N–H and O–H groups in total. The molecule has 0 aromatic heterocycles. The van der Waals surface area contributed by atoms with Gasteiger partial charge in [-0.05, 0) is 31.0 Å². The van der Waals surface area contributed by atoms with Crippen LogP contribution >= 0.6 is 0 Å². The second-order valence-corrected chi connectivity index (χ2v) is 5.38. The monoisotopic (exact) mass is 295 g/mol. The maximum atomic E-state index is 13.0. The van der Waals surface area contributed by atoms with Gasteiger partial charge in [-0.2, -0.15) is 0 Å². The summed E-state index contributed by atoms with van der Waals surface area (Å²) in [6.07, 6.45) is 3.83. The van der Waals surface area contributed by atoms with E-state index in [9.17, 15) is 9.18 Å². The summed E-state index contributed by atoms with van der Waals surface area (Å²) < 4.78 is 13.0. The molecule has 0 atom stereocenters. The van der Waals surface area contributed by atoms with Crippen molar-refractivity contribution in [2.45, 2.75) is 31.7 Å². The number of hydrogen-bond acceptors (Lipinski definition) is 4. The largest absolute Gasteiger partial charge is 0.396 e. The van der Waals surface area contributed by atoms with Crippen LogP contribution in [0.1, 0.15) is 25.7 Å². The molecule has 0 heterocycles. The number of aliphatic hydroxyl groups is 1. The molecule has 0 aliphatic heterocycles. The van der Waals surface area contributed by atoms with E-state index in [1.165, 1.54) is 24.6 Å². The fraction of sp³-hybridized carbons (Fsp3) is 0.533. The number of rotatable bonds is 7. The summed E-state index contributed by atoms with van der Waals surface area (Å²) in [4.78, 5) is 14.1. The van der Waals surface area contributed by atoms with Gasteiger partial charge in [-0.25, -0.2) is 4.39 Å². The van der Waals surface area contributed by atoms with Gasteiger partial charge in [-0.3, -0.25) is 9.69 Å². The first-order valence-corrected chi connectivity index (χ1v) is 7.30. The van der Waals surface area contributed by atoms with Crippen molar-refractivity contribution >= 4 is 17.3 Å². The van der Waals surface area contributed by atoms with Crippen LogP contribution in [0.2, 0.25) is 0 Å². The Labute approximate surface area is 123 Å². The van der Waals surface area contributed by atoms with Crippen molar-refractivity contribution in [3.63, 3.8) is 0 Å². The first-order valence-electron chi connectivity index (χ1n) is 7.30. The van der Waals surface area contributed by atoms with E-state index in [0.29, 0.717) is 31.2 Å². The molecular formula is C15H22FN3O2. The van der Waals surface area contributed by atoms with Gasteiger partial charge in [-0.15, -0.1) is 0 Å². The van der Waals surface area contributed by atoms with Gasteiger partial charge in [0.2, 0.25) is 5.91 Å². The minimum Gasteiger partial charge on any atom is -0.396 e. The summed E-state index contributed by atoms with van der Waals surface area (Å²) in [5, 5.41) is 11.8. The zero-order chi connectivity index (χ0) is 15.2. The molecule has 2 rings (SSSR count). The zero-order valence-corrected chi connectivity index (χ0v) is 12.0. The Morgan fingerprint density at radius 2 is 2.19 bits per heavy atom. The number of carbonyl (C=O) groups is 1. The fourth-order valence-electron chi connectivity index (χ4n) is 2.45. The molecule has 0 saturated heterocycles. The van der Waals surface area contributed by atoms with E-state index in [-0.39, 0.29) is 18.2 Å². The highest BCUT2D eigenvalue weighted by Crippen LogP contribution is 2.24. The molecule has 1 aliphatic carbocycles. The van der Waals surface area contributed by atoms with Gasteiger partial charge in [-0.1, -0.05) is 6.42 Å². The summed E-state index contributed by atoms with van der Waals surface area (Å²) >= 11 is 0. The quantitative estimate of drug-likeness (QED) is 0.667. The maximum absolute atomic E-state index is 13.0. The minimum absolute atomic E-state index is 0.0178. The first-order chi connectivity index (χ1) is 10.1. The molecule has 6 heteroatoms. The summed E-state index contributed by atoms with van der Waals surface area (Å²) in [6, 6.07) is 4.62. The van der Waals surface area contributed by atoms with Gasteiger partial charge in [0.25, 0.3) is 0 Å². The van der Waals surface area contributed by atoms with E-state index < -0.39 is 5.82 Å². The summed E-state index contributed by atoms with van der Waals surface area (Å²) in [5.74, 6) is -0.629. The van der Waals surface area contributed by atoms with Crippen LogP contribution in [-0.2, 0) is 4.79 Å². The molecule has 0 bridgehead atoms. The molecule has 0 spiro atoms. The molecule has 21 heavy (non-hydrogen) atoms. The fourth-order valence-corrected chi connectivity index (χ4v) is 2.45. The molecule has 1 amide bonds. The molecule has 0 unspecified atom stereocenters. The third-order valence-corrected chi connectivity index (χ3v) is 3.88. The van der Waals surface area contributed by atoms with E-state index in [2.05, 4.69) is 10.2 Å². The molecule has 5 nitrogen and oxygen atoms in total. The van der Waals surface area contributed by atoms with Crippen molar-refractivity contribution in [2.24, 2.45) is 0 Å². The van der Waals surface area contributed by atoms with Crippen LogP contribution in [0, 0.1) is 5.82 Å². The summed E-state index contributed by atoms with van der Waals surface area (Å²) in [5.41, 5.74) is 5.98. The lowest BCUT2D eigenvalue weighted by Gasteiger charge is -2.37. The van der Waals surface area contributed by atoms with Gasteiger partial charge >= 0.3 is 0 Å². The van der Waals surface area contributed by atoms with Crippen LogP contribution in [0.4, 0.5) is 15.8 Å². The Hall–Kier alpha value is -1.66. The van der Waals surface area contributed by atoms with Gasteiger partial charge in [0.15, 0.2) is 0 Å². The van der Waals surface area contributed by atoms with E-state index in [0.717, 1.165) is 12.8 Å². The minimum atomic E-state index is -0.493. The number of nitrogens with zero attached hydrogens (tertiary/aromatic N) is 1. The number of halogens is 1. The van der Waals surface area contributed by atoms with Crippen molar-refractivity contribution in [3.05, 3.63) is 24.0 Å². The Bertz CT molecular complexity index is 492. The molecule has 0 radical (unpaired) electrons. The van der Waals surface area contributed by atoms with Crippen LogP contribution < -0.4 is 11.1 Å². The Morgan fingerprint density at radius 3 is 2.76 bits per heavy atom. The third kappa shape index (κ3) is 4.41. The average molecular weight is 295 g/mol. The number of nitrogens with two attached hydrogens (primary N) is 1. The van der Waals surface area contributed by atoms with Gasteiger partial charge in [0.1, 0.15) is 5.82 Å². The van der Waals surface area contributed by atoms with Crippen molar-refractivity contribution < 1.29 is 14.3 Å².